The number of amides is 3. The summed E-state index contributed by atoms with van der Waals surface area (Å²) in [6, 6.07) is -0.393. The lowest BCUT2D eigenvalue weighted by Crippen LogP contribution is -2.41. The first-order chi connectivity index (χ1) is 5.74. The van der Waals surface area contributed by atoms with Crippen molar-refractivity contribution in [3.05, 3.63) is 0 Å². The molecule has 0 saturated carbocycles. The van der Waals surface area contributed by atoms with E-state index in [0.717, 1.165) is 12.8 Å². The van der Waals surface area contributed by atoms with Gasteiger partial charge in [-0.3, -0.25) is 0 Å². The molecule has 1 N–H and O–H groups in total. The summed E-state index contributed by atoms with van der Waals surface area (Å²) < 4.78 is 4.09. The molecule has 0 unspecified atom stereocenters. The van der Waals surface area contributed by atoms with Gasteiger partial charge in [-0.15, -0.1) is 0 Å². The molecule has 1 heterocycles. The van der Waals surface area contributed by atoms with Gasteiger partial charge in [0, 0.05) is 13.1 Å². The van der Waals surface area contributed by atoms with Gasteiger partial charge in [0.2, 0.25) is 0 Å². The molecule has 0 aromatic heterocycles. The zero-order chi connectivity index (χ0) is 8.97. The van der Waals surface area contributed by atoms with Crippen LogP contribution in [0.5, 0.6) is 0 Å². The van der Waals surface area contributed by atoms with E-state index in [2.05, 4.69) is 14.9 Å². The first kappa shape index (κ1) is 9.05. The molecule has 1 aliphatic rings. The van der Waals surface area contributed by atoms with Crippen LogP contribution in [0.3, 0.4) is 0 Å². The third kappa shape index (κ3) is 2.23. The van der Waals surface area contributed by atoms with Crippen LogP contribution in [0.15, 0.2) is 0 Å². The molecule has 1 fully saturated rings. The van der Waals surface area contributed by atoms with Crippen molar-refractivity contribution in [2.45, 2.75) is 12.8 Å². The Morgan fingerprint density at radius 3 is 2.42 bits per heavy atom. The Morgan fingerprint density at radius 2 is 1.92 bits per heavy atom. The van der Waals surface area contributed by atoms with E-state index in [9.17, 15) is 9.59 Å². The third-order valence-electron chi connectivity index (χ3n) is 1.69. The monoisotopic (exact) mass is 185 g/mol. The van der Waals surface area contributed by atoms with Crippen LogP contribution in [0.2, 0.25) is 0 Å². The van der Waals surface area contributed by atoms with Crippen LogP contribution in [0.4, 0.5) is 9.59 Å². The van der Waals surface area contributed by atoms with E-state index < -0.39 is 12.1 Å². The number of imide groups is 1. The van der Waals surface area contributed by atoms with Crippen LogP contribution >= 0.6 is 0 Å². The number of likely N-dealkylation sites (tertiary alicyclic amines) is 1. The fourth-order valence-electron chi connectivity index (χ4n) is 1.11. The molecule has 12 heavy (non-hydrogen) atoms. The number of hydrogen-bond donors (Lipinski definition) is 1. The van der Waals surface area contributed by atoms with Crippen molar-refractivity contribution >= 4 is 22.6 Å². The van der Waals surface area contributed by atoms with E-state index in [4.69, 9.17) is 0 Å². The van der Waals surface area contributed by atoms with Gasteiger partial charge in [-0.1, -0.05) is 0 Å². The average Bonchev–Trinajstić information content (AvgIpc) is 2.56. The lowest BCUT2D eigenvalue weighted by atomic mass is 10.4. The molecule has 0 bridgehead atoms. The van der Waals surface area contributed by atoms with Crippen molar-refractivity contribution in [2.24, 2.45) is 0 Å². The summed E-state index contributed by atoms with van der Waals surface area (Å²) in [4.78, 5) is 23.2. The van der Waals surface area contributed by atoms with E-state index in [-0.39, 0.29) is 0 Å². The summed E-state index contributed by atoms with van der Waals surface area (Å²) in [5.41, 5.74) is 0. The quantitative estimate of drug-likeness (QED) is 0.541. The highest BCUT2D eigenvalue weighted by Crippen LogP contribution is 2.06. The summed E-state index contributed by atoms with van der Waals surface area (Å²) in [6.45, 7) is 1.42. The lowest BCUT2D eigenvalue weighted by Gasteiger charge is -2.14. The molecule has 0 aliphatic carbocycles. The summed E-state index contributed by atoms with van der Waals surface area (Å²) in [6.07, 6.45) is 1.20. The molecule has 1 rings (SSSR count). The number of hydrogen-bond acceptors (Lipinski definition) is 3. The summed E-state index contributed by atoms with van der Waals surface area (Å²) in [7, 11) is 2.52. The van der Waals surface area contributed by atoms with E-state index in [1.54, 1.807) is 4.90 Å². The molecule has 0 atom stereocenters. The molecule has 5 nitrogen and oxygen atoms in total. The number of urea groups is 1. The third-order valence-corrected chi connectivity index (χ3v) is 1.88. The average molecular weight is 185 g/mol. The van der Waals surface area contributed by atoms with Crippen LogP contribution < -0.4 is 5.32 Å². The Morgan fingerprint density at radius 1 is 1.33 bits per heavy atom. The van der Waals surface area contributed by atoms with Crippen LogP contribution in [0, 0.1) is 0 Å². The SMILES string of the molecule is O=C(NC(=O)N1CCCC1)O[Si]. The Bertz CT molecular complexity index is 191. The Labute approximate surface area is 73.6 Å². The Hall–Kier alpha value is -1.04. The minimum Gasteiger partial charge on any atom is -0.500 e. The standard InChI is InChI=1S/C6H9N2O3Si/c9-5(7-6(10)11-12)8-3-1-2-4-8/h1-4H2,(H,7,9,10). The van der Waals surface area contributed by atoms with E-state index in [1.807, 2.05) is 5.32 Å². The van der Waals surface area contributed by atoms with Crippen LogP contribution in [0.25, 0.3) is 0 Å². The van der Waals surface area contributed by atoms with Crippen LogP contribution in [0.1, 0.15) is 12.8 Å². The van der Waals surface area contributed by atoms with E-state index >= 15 is 0 Å². The van der Waals surface area contributed by atoms with Crippen molar-refractivity contribution in [1.82, 2.24) is 10.2 Å². The second kappa shape index (κ2) is 4.10. The number of nitrogens with one attached hydrogen (secondary N) is 1. The van der Waals surface area contributed by atoms with Crippen molar-refractivity contribution in [3.8, 4) is 0 Å². The molecular formula is C6H9N2O3Si. The van der Waals surface area contributed by atoms with Gasteiger partial charge in [0.1, 0.15) is 0 Å². The minimum atomic E-state index is -0.788. The highest BCUT2D eigenvalue weighted by molar-refractivity contribution is 6.07. The Balaban J connectivity index is 2.32. The molecule has 0 aromatic carbocycles. The maximum Gasteiger partial charge on any atom is 0.401 e. The Kier molecular flexibility index (Phi) is 3.09. The second-order valence-electron chi connectivity index (χ2n) is 2.51. The van der Waals surface area contributed by atoms with Gasteiger partial charge in [0.05, 0.1) is 0 Å². The zero-order valence-corrected chi connectivity index (χ0v) is 7.50. The number of rotatable bonds is 0. The highest BCUT2D eigenvalue weighted by Gasteiger charge is 2.19. The maximum atomic E-state index is 11.1. The predicted molar refractivity (Wildman–Crippen MR) is 41.6 cm³/mol. The van der Waals surface area contributed by atoms with Gasteiger partial charge < -0.3 is 9.33 Å². The van der Waals surface area contributed by atoms with E-state index in [0.29, 0.717) is 13.1 Å². The molecular weight excluding hydrogens is 176 g/mol. The smallest absolute Gasteiger partial charge is 0.401 e. The lowest BCUT2D eigenvalue weighted by molar-refractivity contribution is 0.188. The van der Waals surface area contributed by atoms with Gasteiger partial charge >= 0.3 is 22.6 Å². The van der Waals surface area contributed by atoms with Gasteiger partial charge in [0.25, 0.3) is 0 Å². The number of nitrogens with zero attached hydrogens (tertiary/aromatic N) is 1. The van der Waals surface area contributed by atoms with Gasteiger partial charge in [0.15, 0.2) is 0 Å². The molecule has 0 spiro atoms. The number of carbonyl (C=O) groups excluding carboxylic acids is 2. The molecule has 3 radical (unpaired) electrons. The van der Waals surface area contributed by atoms with Crippen molar-refractivity contribution in [1.29, 1.82) is 0 Å². The normalized spacial score (nSPS) is 15.9. The maximum absolute atomic E-state index is 11.1. The van der Waals surface area contributed by atoms with Crippen molar-refractivity contribution in [3.63, 3.8) is 0 Å². The molecule has 6 heteroatoms. The van der Waals surface area contributed by atoms with Gasteiger partial charge in [-0.2, -0.15) is 0 Å². The highest BCUT2D eigenvalue weighted by atomic mass is 28.2. The van der Waals surface area contributed by atoms with Crippen LogP contribution in [-0.2, 0) is 4.43 Å². The van der Waals surface area contributed by atoms with Crippen LogP contribution in [-0.4, -0.2) is 40.6 Å². The first-order valence-corrected chi connectivity index (χ1v) is 4.08. The van der Waals surface area contributed by atoms with Gasteiger partial charge in [-0.25, -0.2) is 14.9 Å². The fourth-order valence-corrected chi connectivity index (χ4v) is 1.16. The van der Waals surface area contributed by atoms with Gasteiger partial charge in [-0.05, 0) is 12.8 Å². The zero-order valence-electron chi connectivity index (χ0n) is 6.50. The largest absolute Gasteiger partial charge is 0.500 e. The fraction of sp³-hybridized carbons (Fsp3) is 0.667. The predicted octanol–water partition coefficient (Wildman–Crippen LogP) is 0.0119. The molecule has 1 aliphatic heterocycles. The molecule has 0 aromatic rings. The summed E-state index contributed by atoms with van der Waals surface area (Å²) in [5, 5.41) is 2.05. The number of carbonyl (C=O) groups is 2. The van der Waals surface area contributed by atoms with Crippen molar-refractivity contribution < 1.29 is 14.0 Å². The molecule has 65 valence electrons. The summed E-state index contributed by atoms with van der Waals surface area (Å²) >= 11 is 0. The minimum absolute atomic E-state index is 0.393. The topological polar surface area (TPSA) is 58.6 Å². The van der Waals surface area contributed by atoms with E-state index in [1.165, 1.54) is 0 Å². The van der Waals surface area contributed by atoms with Crippen molar-refractivity contribution in [2.75, 3.05) is 13.1 Å². The second-order valence-corrected chi connectivity index (χ2v) is 2.72. The summed E-state index contributed by atoms with van der Waals surface area (Å²) in [5.74, 6) is 0. The first-order valence-electron chi connectivity index (χ1n) is 3.67. The molecule has 3 amide bonds. The molecule has 1 saturated heterocycles.